The fourth-order valence-electron chi connectivity index (χ4n) is 1.95. The van der Waals surface area contributed by atoms with E-state index >= 15 is 0 Å². The Bertz CT molecular complexity index is 825. The predicted octanol–water partition coefficient (Wildman–Crippen LogP) is 3.37. The van der Waals surface area contributed by atoms with Gasteiger partial charge >= 0.3 is 5.97 Å². The Labute approximate surface area is 140 Å². The Morgan fingerprint density at radius 1 is 1.04 bits per heavy atom. The minimum Gasteiger partial charge on any atom is -0.493 e. The average molecular weight is 350 g/mol. The number of hydrogen-bond acceptors (Lipinski definition) is 5. The van der Waals surface area contributed by atoms with Crippen molar-refractivity contribution in [1.29, 1.82) is 0 Å². The molecule has 2 rings (SSSR count). The molecule has 0 fully saturated rings. The highest BCUT2D eigenvalue weighted by Gasteiger charge is 2.11. The number of benzene rings is 2. The maximum Gasteiger partial charge on any atom is 0.335 e. The first-order valence-electron chi connectivity index (χ1n) is 7.29. The van der Waals surface area contributed by atoms with Gasteiger partial charge in [0.2, 0.25) is 0 Å². The van der Waals surface area contributed by atoms with Crippen molar-refractivity contribution in [3.63, 3.8) is 0 Å². The molecule has 0 saturated heterocycles. The van der Waals surface area contributed by atoms with E-state index in [1.807, 2.05) is 6.92 Å². The maximum absolute atomic E-state index is 11.4. The molecule has 2 aromatic carbocycles. The third kappa shape index (κ3) is 4.73. The van der Waals surface area contributed by atoms with Gasteiger partial charge in [-0.2, -0.15) is 0 Å². The minimum absolute atomic E-state index is 0.0476. The van der Waals surface area contributed by atoms with Crippen LogP contribution in [0.5, 0.6) is 17.2 Å². The Morgan fingerprint density at radius 2 is 1.67 bits per heavy atom. The van der Waals surface area contributed by atoms with Crippen LogP contribution in [0, 0.1) is 0 Å². The van der Waals surface area contributed by atoms with E-state index in [-0.39, 0.29) is 10.5 Å². The summed E-state index contributed by atoms with van der Waals surface area (Å²) in [7, 11) is -3.28. The molecule has 1 N–H and O–H groups in total. The summed E-state index contributed by atoms with van der Waals surface area (Å²) in [5, 5.41) is 9.17. The molecule has 2 aromatic rings. The molecular formula is C17H18O6S. The van der Waals surface area contributed by atoms with E-state index in [9.17, 15) is 18.3 Å². The van der Waals surface area contributed by atoms with Crippen LogP contribution in [-0.4, -0.2) is 32.4 Å². The van der Waals surface area contributed by atoms with Gasteiger partial charge in [-0.15, -0.1) is 0 Å². The van der Waals surface area contributed by atoms with Crippen molar-refractivity contribution < 1.29 is 27.8 Å². The zero-order chi connectivity index (χ0) is 17.7. The second kappa shape index (κ2) is 7.35. The van der Waals surface area contributed by atoms with Crippen molar-refractivity contribution in [2.45, 2.75) is 18.2 Å². The van der Waals surface area contributed by atoms with Crippen molar-refractivity contribution in [2.75, 3.05) is 12.9 Å². The average Bonchev–Trinajstić information content (AvgIpc) is 2.52. The van der Waals surface area contributed by atoms with E-state index < -0.39 is 15.8 Å². The highest BCUT2D eigenvalue weighted by Crippen LogP contribution is 2.28. The number of hydrogen-bond donors (Lipinski definition) is 1. The number of ether oxygens (including phenoxy) is 2. The first-order chi connectivity index (χ1) is 11.3. The van der Waals surface area contributed by atoms with Crippen LogP contribution in [0.2, 0.25) is 0 Å². The summed E-state index contributed by atoms with van der Waals surface area (Å²) < 4.78 is 34.0. The second-order valence-electron chi connectivity index (χ2n) is 5.19. The predicted molar refractivity (Wildman–Crippen MR) is 88.8 cm³/mol. The maximum atomic E-state index is 11.4. The van der Waals surface area contributed by atoms with Crippen molar-refractivity contribution in [2.24, 2.45) is 0 Å². The van der Waals surface area contributed by atoms with Crippen molar-refractivity contribution in [3.05, 3.63) is 48.0 Å². The third-order valence-corrected chi connectivity index (χ3v) is 4.22. The Morgan fingerprint density at radius 3 is 2.21 bits per heavy atom. The lowest BCUT2D eigenvalue weighted by atomic mass is 10.2. The molecule has 0 unspecified atom stereocenters. The van der Waals surface area contributed by atoms with Gasteiger partial charge in [0, 0.05) is 12.3 Å². The van der Waals surface area contributed by atoms with Crippen LogP contribution in [0.4, 0.5) is 0 Å². The molecule has 0 aromatic heterocycles. The van der Waals surface area contributed by atoms with Crippen molar-refractivity contribution >= 4 is 15.8 Å². The second-order valence-corrected chi connectivity index (χ2v) is 7.21. The van der Waals surface area contributed by atoms with E-state index in [1.165, 1.54) is 36.4 Å². The Kier molecular flexibility index (Phi) is 5.46. The van der Waals surface area contributed by atoms with Gasteiger partial charge in [-0.3, -0.25) is 0 Å². The molecule has 128 valence electrons. The highest BCUT2D eigenvalue weighted by molar-refractivity contribution is 7.90. The van der Waals surface area contributed by atoms with E-state index in [4.69, 9.17) is 9.47 Å². The highest BCUT2D eigenvalue weighted by atomic mass is 32.2. The van der Waals surface area contributed by atoms with Crippen molar-refractivity contribution in [1.82, 2.24) is 0 Å². The van der Waals surface area contributed by atoms with Crippen molar-refractivity contribution in [3.8, 4) is 17.2 Å². The van der Waals surface area contributed by atoms with E-state index in [1.54, 1.807) is 6.07 Å². The molecule has 6 nitrogen and oxygen atoms in total. The molecular weight excluding hydrogens is 332 g/mol. The zero-order valence-corrected chi connectivity index (χ0v) is 14.2. The standard InChI is InChI=1S/C17H18O6S/c1-3-8-22-14-9-12(17(18)19)10-15(11-14)23-13-4-6-16(7-5-13)24(2,20)21/h4-7,9-11H,3,8H2,1-2H3,(H,18,19). The number of carboxylic acid groups (broad SMARTS) is 1. The molecule has 0 amide bonds. The summed E-state index contributed by atoms with van der Waals surface area (Å²) in [5.74, 6) is 0.00761. The first-order valence-corrected chi connectivity index (χ1v) is 9.18. The molecule has 0 aliphatic rings. The van der Waals surface area contributed by atoms with Gasteiger partial charge in [-0.05, 0) is 42.8 Å². The van der Waals surface area contributed by atoms with Gasteiger partial charge in [-0.25, -0.2) is 13.2 Å². The molecule has 24 heavy (non-hydrogen) atoms. The topological polar surface area (TPSA) is 89.9 Å². The smallest absolute Gasteiger partial charge is 0.335 e. The van der Waals surface area contributed by atoms with Crippen LogP contribution >= 0.6 is 0 Å². The summed E-state index contributed by atoms with van der Waals surface area (Å²) in [6.45, 7) is 2.41. The normalized spacial score (nSPS) is 11.1. The summed E-state index contributed by atoms with van der Waals surface area (Å²) in [5.41, 5.74) is 0.0476. The lowest BCUT2D eigenvalue weighted by Gasteiger charge is -2.11. The summed E-state index contributed by atoms with van der Waals surface area (Å²) in [6.07, 6.45) is 1.91. The lowest BCUT2D eigenvalue weighted by Crippen LogP contribution is -2.01. The monoisotopic (exact) mass is 350 g/mol. The van der Waals surface area contributed by atoms with Crippen LogP contribution in [0.1, 0.15) is 23.7 Å². The van der Waals surface area contributed by atoms with Gasteiger partial charge in [-0.1, -0.05) is 6.92 Å². The first kappa shape index (κ1) is 17.8. The van der Waals surface area contributed by atoms with Gasteiger partial charge in [0.15, 0.2) is 9.84 Å². The summed E-state index contributed by atoms with van der Waals surface area (Å²) in [6, 6.07) is 10.3. The van der Waals surface area contributed by atoms with E-state index in [0.29, 0.717) is 23.9 Å². The van der Waals surface area contributed by atoms with Crippen LogP contribution < -0.4 is 9.47 Å². The SMILES string of the molecule is CCCOc1cc(Oc2ccc(S(C)(=O)=O)cc2)cc(C(=O)O)c1. The number of sulfone groups is 1. The molecule has 7 heteroatoms. The minimum atomic E-state index is -3.28. The fourth-order valence-corrected chi connectivity index (χ4v) is 2.58. The van der Waals surface area contributed by atoms with Gasteiger partial charge in [0.1, 0.15) is 17.2 Å². The zero-order valence-electron chi connectivity index (χ0n) is 13.4. The van der Waals surface area contributed by atoms with Crippen LogP contribution in [0.3, 0.4) is 0 Å². The number of rotatable bonds is 7. The van der Waals surface area contributed by atoms with E-state index in [2.05, 4.69) is 0 Å². The third-order valence-electron chi connectivity index (χ3n) is 3.09. The fraction of sp³-hybridized carbons (Fsp3) is 0.235. The van der Waals surface area contributed by atoms with Crippen LogP contribution in [0.25, 0.3) is 0 Å². The Balaban J connectivity index is 2.27. The molecule has 0 heterocycles. The lowest BCUT2D eigenvalue weighted by molar-refractivity contribution is 0.0696. The Hall–Kier alpha value is -2.54. The molecule has 0 radical (unpaired) electrons. The largest absolute Gasteiger partial charge is 0.493 e. The summed E-state index contributed by atoms with van der Waals surface area (Å²) >= 11 is 0. The molecule has 0 spiro atoms. The van der Waals surface area contributed by atoms with Crippen LogP contribution in [-0.2, 0) is 9.84 Å². The number of carboxylic acids is 1. The van der Waals surface area contributed by atoms with Crippen LogP contribution in [0.15, 0.2) is 47.4 Å². The molecule has 0 aliphatic heterocycles. The molecule has 0 atom stereocenters. The number of aromatic carboxylic acids is 1. The van der Waals surface area contributed by atoms with Gasteiger partial charge < -0.3 is 14.6 Å². The van der Waals surface area contributed by atoms with Gasteiger partial charge in [0.05, 0.1) is 17.1 Å². The van der Waals surface area contributed by atoms with E-state index in [0.717, 1.165) is 12.7 Å². The van der Waals surface area contributed by atoms with Gasteiger partial charge in [0.25, 0.3) is 0 Å². The molecule has 0 bridgehead atoms. The summed E-state index contributed by atoms with van der Waals surface area (Å²) in [4.78, 5) is 11.4. The number of carbonyl (C=O) groups is 1. The molecule has 0 aliphatic carbocycles. The molecule has 0 saturated carbocycles. The quantitative estimate of drug-likeness (QED) is 0.823.